The van der Waals surface area contributed by atoms with Gasteiger partial charge in [-0.05, 0) is 36.5 Å². The molecule has 2 aromatic heterocycles. The minimum atomic E-state index is -3.84. The van der Waals surface area contributed by atoms with Crippen LogP contribution in [0.15, 0.2) is 65.0 Å². The Bertz CT molecular complexity index is 1330. The van der Waals surface area contributed by atoms with Gasteiger partial charge >= 0.3 is 0 Å². The second-order valence-corrected chi connectivity index (χ2v) is 9.63. The summed E-state index contributed by atoms with van der Waals surface area (Å²) >= 11 is 1.41. The molecule has 0 radical (unpaired) electrons. The van der Waals surface area contributed by atoms with Crippen molar-refractivity contribution < 1.29 is 13.2 Å². The lowest BCUT2D eigenvalue weighted by molar-refractivity contribution is 0.112. The summed E-state index contributed by atoms with van der Waals surface area (Å²) in [6.07, 6.45) is 4.69. The molecule has 1 aliphatic carbocycles. The Balaban J connectivity index is 1.83. The van der Waals surface area contributed by atoms with Gasteiger partial charge in [0, 0.05) is 32.8 Å². The molecule has 140 valence electrons. The minimum Gasteiger partial charge on any atom is -0.298 e. The van der Waals surface area contributed by atoms with E-state index in [1.807, 2.05) is 48.5 Å². The highest BCUT2D eigenvalue weighted by Gasteiger charge is 2.29. The van der Waals surface area contributed by atoms with Crippen molar-refractivity contribution >= 4 is 37.7 Å². The molecule has 0 saturated heterocycles. The van der Waals surface area contributed by atoms with Gasteiger partial charge < -0.3 is 0 Å². The fourth-order valence-electron chi connectivity index (χ4n) is 4.06. The number of rotatable bonds is 3. The maximum atomic E-state index is 13.7. The first kappa shape index (κ1) is 17.4. The number of aromatic nitrogens is 1. The normalized spacial score (nSPS) is 13.7. The smallest absolute Gasteiger partial charge is 0.269 e. The van der Waals surface area contributed by atoms with Crippen molar-refractivity contribution in [3.05, 3.63) is 76.8 Å². The summed E-state index contributed by atoms with van der Waals surface area (Å²) in [5.74, 6) is 0. The fraction of sp³-hybridized carbons (Fsp3) is 0.136. The lowest BCUT2D eigenvalue weighted by Gasteiger charge is -2.13. The van der Waals surface area contributed by atoms with Crippen molar-refractivity contribution in [3.63, 3.8) is 0 Å². The number of aldehydes is 1. The Hall–Kier alpha value is -2.70. The van der Waals surface area contributed by atoms with Crippen LogP contribution in [0.25, 0.3) is 21.3 Å². The zero-order valence-electron chi connectivity index (χ0n) is 15.0. The molecule has 5 rings (SSSR count). The molecule has 0 bridgehead atoms. The molecule has 1 aliphatic rings. The Morgan fingerprint density at radius 3 is 2.64 bits per heavy atom. The van der Waals surface area contributed by atoms with Gasteiger partial charge in [0.25, 0.3) is 10.0 Å². The van der Waals surface area contributed by atoms with Gasteiger partial charge in [-0.15, -0.1) is 11.3 Å². The number of thiophene rings is 1. The standard InChI is InChI=1S/C22H17NO3S2/c24-13-16-12-23(22-17-8-2-1-6-15(17)7-5-10-18(16)22)28(25,26)21-14-27-20-11-4-3-9-19(20)21/h1-4,6,8-9,11-14H,5,7,10H2. The first-order valence-corrected chi connectivity index (χ1v) is 11.4. The van der Waals surface area contributed by atoms with E-state index < -0.39 is 10.0 Å². The van der Waals surface area contributed by atoms with E-state index in [1.54, 1.807) is 5.38 Å². The largest absolute Gasteiger partial charge is 0.298 e. The van der Waals surface area contributed by atoms with Crippen LogP contribution in [-0.2, 0) is 22.9 Å². The number of carbonyl (C=O) groups is 1. The van der Waals surface area contributed by atoms with Crippen LogP contribution in [0.4, 0.5) is 0 Å². The Kier molecular flexibility index (Phi) is 4.00. The summed E-state index contributed by atoms with van der Waals surface area (Å²) in [6, 6.07) is 15.4. The summed E-state index contributed by atoms with van der Waals surface area (Å²) in [5.41, 5.74) is 3.91. The zero-order chi connectivity index (χ0) is 19.3. The monoisotopic (exact) mass is 407 g/mol. The van der Waals surface area contributed by atoms with Gasteiger partial charge in [-0.25, -0.2) is 12.4 Å². The first-order valence-electron chi connectivity index (χ1n) is 9.11. The molecule has 2 aromatic carbocycles. The molecular formula is C22H17NO3S2. The van der Waals surface area contributed by atoms with Gasteiger partial charge in [-0.3, -0.25) is 4.79 Å². The van der Waals surface area contributed by atoms with E-state index >= 15 is 0 Å². The lowest BCUT2D eigenvalue weighted by atomic mass is 10.0. The van der Waals surface area contributed by atoms with E-state index in [0.29, 0.717) is 23.1 Å². The van der Waals surface area contributed by atoms with Gasteiger partial charge in [0.05, 0.1) is 5.69 Å². The maximum Gasteiger partial charge on any atom is 0.269 e. The van der Waals surface area contributed by atoms with Crippen LogP contribution in [0, 0.1) is 0 Å². The summed E-state index contributed by atoms with van der Waals surface area (Å²) in [6.45, 7) is 0. The number of benzene rings is 2. The Labute approximate surface area is 167 Å². The molecule has 2 heterocycles. The van der Waals surface area contributed by atoms with Crippen LogP contribution < -0.4 is 0 Å². The highest BCUT2D eigenvalue weighted by molar-refractivity contribution is 7.90. The Morgan fingerprint density at radius 1 is 1.00 bits per heavy atom. The summed E-state index contributed by atoms with van der Waals surface area (Å²) in [5, 5.41) is 2.40. The van der Waals surface area contributed by atoms with E-state index in [1.165, 1.54) is 21.5 Å². The van der Waals surface area contributed by atoms with Crippen molar-refractivity contribution in [3.8, 4) is 11.3 Å². The number of nitrogens with zero attached hydrogens (tertiary/aromatic N) is 1. The maximum absolute atomic E-state index is 13.7. The van der Waals surface area contributed by atoms with Crippen LogP contribution in [0.1, 0.15) is 27.9 Å². The number of fused-ring (bicyclic) bond motifs is 4. The molecule has 0 unspecified atom stereocenters. The van der Waals surface area contributed by atoms with Crippen molar-refractivity contribution in [1.82, 2.24) is 3.97 Å². The zero-order valence-corrected chi connectivity index (χ0v) is 16.6. The quantitative estimate of drug-likeness (QED) is 0.454. The molecule has 28 heavy (non-hydrogen) atoms. The highest BCUT2D eigenvalue weighted by atomic mass is 32.2. The molecule has 0 fully saturated rings. The van der Waals surface area contributed by atoms with Crippen molar-refractivity contribution in [2.45, 2.75) is 24.2 Å². The summed E-state index contributed by atoms with van der Waals surface area (Å²) < 4.78 is 29.6. The topological polar surface area (TPSA) is 56.1 Å². The third-order valence-corrected chi connectivity index (χ3v) is 8.18. The molecule has 0 saturated carbocycles. The molecule has 4 nitrogen and oxygen atoms in total. The predicted octanol–water partition coefficient (Wildman–Crippen LogP) is 4.91. The third-order valence-electron chi connectivity index (χ3n) is 5.37. The molecule has 0 atom stereocenters. The number of aryl methyl sites for hydroxylation is 1. The molecule has 0 spiro atoms. The van der Waals surface area contributed by atoms with E-state index in [4.69, 9.17) is 0 Å². The Morgan fingerprint density at radius 2 is 1.79 bits per heavy atom. The van der Waals surface area contributed by atoms with Crippen LogP contribution in [0.3, 0.4) is 0 Å². The molecule has 0 N–H and O–H groups in total. The van der Waals surface area contributed by atoms with E-state index in [2.05, 4.69) is 0 Å². The predicted molar refractivity (Wildman–Crippen MR) is 112 cm³/mol. The van der Waals surface area contributed by atoms with Gasteiger partial charge in [0.1, 0.15) is 4.90 Å². The van der Waals surface area contributed by atoms with E-state index in [0.717, 1.165) is 40.5 Å². The average molecular weight is 408 g/mol. The highest BCUT2D eigenvalue weighted by Crippen LogP contribution is 2.39. The van der Waals surface area contributed by atoms with Gasteiger partial charge in [0.2, 0.25) is 0 Å². The van der Waals surface area contributed by atoms with E-state index in [-0.39, 0.29) is 4.90 Å². The van der Waals surface area contributed by atoms with Crippen LogP contribution in [0.2, 0.25) is 0 Å². The number of hydrogen-bond donors (Lipinski definition) is 0. The second-order valence-electron chi connectivity index (χ2n) is 6.94. The van der Waals surface area contributed by atoms with Gasteiger partial charge in [-0.2, -0.15) is 0 Å². The fourth-order valence-corrected chi connectivity index (χ4v) is 6.95. The van der Waals surface area contributed by atoms with Crippen LogP contribution in [0.5, 0.6) is 0 Å². The van der Waals surface area contributed by atoms with Gasteiger partial charge in [-0.1, -0.05) is 42.5 Å². The molecule has 0 aliphatic heterocycles. The van der Waals surface area contributed by atoms with Crippen molar-refractivity contribution in [1.29, 1.82) is 0 Å². The summed E-state index contributed by atoms with van der Waals surface area (Å²) in [4.78, 5) is 12.0. The second kappa shape index (κ2) is 6.43. The van der Waals surface area contributed by atoms with Crippen LogP contribution in [-0.4, -0.2) is 18.7 Å². The SMILES string of the molecule is O=Cc1cn(S(=O)(=O)c2csc3ccccc23)c2c1CCCc1ccccc1-2. The number of hydrogen-bond acceptors (Lipinski definition) is 4. The van der Waals surface area contributed by atoms with Gasteiger partial charge in [0.15, 0.2) is 6.29 Å². The number of carbonyl (C=O) groups excluding carboxylic acids is 1. The van der Waals surface area contributed by atoms with Crippen molar-refractivity contribution in [2.24, 2.45) is 0 Å². The van der Waals surface area contributed by atoms with Crippen LogP contribution >= 0.6 is 11.3 Å². The average Bonchev–Trinajstić information content (AvgIpc) is 3.26. The summed E-state index contributed by atoms with van der Waals surface area (Å²) in [7, 11) is -3.84. The third kappa shape index (κ3) is 2.48. The lowest BCUT2D eigenvalue weighted by Crippen LogP contribution is -2.13. The molecule has 6 heteroatoms. The van der Waals surface area contributed by atoms with Crippen molar-refractivity contribution in [2.75, 3.05) is 0 Å². The molecule has 0 amide bonds. The first-order chi connectivity index (χ1) is 13.6. The minimum absolute atomic E-state index is 0.282. The molecular weight excluding hydrogens is 390 g/mol. The molecule has 4 aromatic rings. The van der Waals surface area contributed by atoms with E-state index in [9.17, 15) is 13.2 Å².